The third-order valence-corrected chi connectivity index (χ3v) is 3.58. The van der Waals surface area contributed by atoms with E-state index in [1.807, 2.05) is 0 Å². The minimum atomic E-state index is -0.241. The van der Waals surface area contributed by atoms with Crippen LogP contribution in [0.2, 0.25) is 0 Å². The van der Waals surface area contributed by atoms with Gasteiger partial charge in [0.25, 0.3) is 0 Å². The van der Waals surface area contributed by atoms with Crippen molar-refractivity contribution < 1.29 is 19.1 Å². The first-order valence-corrected chi connectivity index (χ1v) is 9.02. The molecule has 0 atom stereocenters. The molecule has 0 radical (unpaired) electrons. The third-order valence-electron chi connectivity index (χ3n) is 3.58. The predicted molar refractivity (Wildman–Crippen MR) is 88.7 cm³/mol. The van der Waals surface area contributed by atoms with E-state index in [2.05, 4.69) is 6.92 Å². The van der Waals surface area contributed by atoms with Gasteiger partial charge in [-0.3, -0.25) is 9.59 Å². The van der Waals surface area contributed by atoms with Crippen LogP contribution in [0.15, 0.2) is 0 Å². The van der Waals surface area contributed by atoms with Crippen molar-refractivity contribution in [3.8, 4) is 0 Å². The lowest BCUT2D eigenvalue weighted by molar-refractivity contribution is -0.145. The molecule has 0 aliphatic rings. The van der Waals surface area contributed by atoms with Gasteiger partial charge in [-0.05, 0) is 19.8 Å². The molecule has 0 rings (SSSR count). The Balaban J connectivity index is 3.23. The molecule has 0 fully saturated rings. The van der Waals surface area contributed by atoms with Gasteiger partial charge < -0.3 is 9.47 Å². The first kappa shape index (κ1) is 20.9. The monoisotopic (exact) mass is 314 g/mol. The maximum atomic E-state index is 11.4. The van der Waals surface area contributed by atoms with Crippen molar-refractivity contribution in [2.24, 2.45) is 0 Å². The number of ether oxygens (including phenoxy) is 2. The number of carbonyl (C=O) groups is 2. The Labute approximate surface area is 135 Å². The molecule has 0 amide bonds. The highest BCUT2D eigenvalue weighted by atomic mass is 16.5. The second kappa shape index (κ2) is 16.3. The topological polar surface area (TPSA) is 52.6 Å². The van der Waals surface area contributed by atoms with Gasteiger partial charge in [0, 0.05) is 12.8 Å². The average molecular weight is 314 g/mol. The van der Waals surface area contributed by atoms with Gasteiger partial charge in [0.1, 0.15) is 0 Å². The fourth-order valence-corrected chi connectivity index (χ4v) is 2.28. The summed E-state index contributed by atoms with van der Waals surface area (Å²) in [6, 6.07) is 0. The summed E-state index contributed by atoms with van der Waals surface area (Å²) in [6.07, 6.45) is 12.4. The van der Waals surface area contributed by atoms with Gasteiger partial charge in [-0.15, -0.1) is 0 Å². The Bertz CT molecular complexity index is 276. The minimum Gasteiger partial charge on any atom is -0.466 e. The zero-order chi connectivity index (χ0) is 16.5. The summed E-state index contributed by atoms with van der Waals surface area (Å²) < 4.78 is 9.95. The predicted octanol–water partition coefficient (Wildman–Crippen LogP) is 4.79. The van der Waals surface area contributed by atoms with E-state index in [-0.39, 0.29) is 11.9 Å². The van der Waals surface area contributed by atoms with Crippen LogP contribution in [0.1, 0.15) is 90.9 Å². The van der Waals surface area contributed by atoms with E-state index < -0.39 is 0 Å². The van der Waals surface area contributed by atoms with Crippen LogP contribution in [-0.4, -0.2) is 25.2 Å². The molecule has 0 heterocycles. The fraction of sp³-hybridized carbons (Fsp3) is 0.889. The molecular formula is C18H34O4. The zero-order valence-corrected chi connectivity index (χ0v) is 14.5. The first-order chi connectivity index (χ1) is 10.7. The molecular weight excluding hydrogens is 280 g/mol. The lowest BCUT2D eigenvalue weighted by atomic mass is 10.1. The number of rotatable bonds is 15. The molecule has 0 aliphatic carbocycles. The van der Waals surface area contributed by atoms with E-state index in [4.69, 9.17) is 9.47 Å². The largest absolute Gasteiger partial charge is 0.466 e. The lowest BCUT2D eigenvalue weighted by Crippen LogP contribution is -2.08. The maximum Gasteiger partial charge on any atom is 0.305 e. The standard InChI is InChI=1S/C18H34O4/c1-3-5-6-7-8-9-10-11-12-16-22-18(20)15-13-14-17(19)21-4-2/h3-16H2,1-2H3. The average Bonchev–Trinajstić information content (AvgIpc) is 2.49. The normalized spacial score (nSPS) is 10.5. The van der Waals surface area contributed by atoms with Gasteiger partial charge in [-0.2, -0.15) is 0 Å². The van der Waals surface area contributed by atoms with Crippen molar-refractivity contribution in [3.05, 3.63) is 0 Å². The summed E-state index contributed by atoms with van der Waals surface area (Å²) in [5, 5.41) is 0. The van der Waals surface area contributed by atoms with Crippen molar-refractivity contribution in [2.75, 3.05) is 13.2 Å². The van der Waals surface area contributed by atoms with Crippen LogP contribution in [0.4, 0.5) is 0 Å². The number of hydrogen-bond acceptors (Lipinski definition) is 4. The highest BCUT2D eigenvalue weighted by Crippen LogP contribution is 2.09. The quantitative estimate of drug-likeness (QED) is 0.322. The number of esters is 2. The number of carbonyl (C=O) groups excluding carboxylic acids is 2. The van der Waals surface area contributed by atoms with Crippen LogP contribution in [0, 0.1) is 0 Å². The SMILES string of the molecule is CCCCCCCCCCCOC(=O)CCCC(=O)OCC. The Morgan fingerprint density at radius 3 is 1.68 bits per heavy atom. The van der Waals surface area contributed by atoms with Crippen LogP contribution >= 0.6 is 0 Å². The van der Waals surface area contributed by atoms with E-state index in [0.717, 1.165) is 12.8 Å². The number of unbranched alkanes of at least 4 members (excludes halogenated alkanes) is 8. The number of hydrogen-bond donors (Lipinski definition) is 0. The van der Waals surface area contributed by atoms with E-state index in [1.54, 1.807) is 6.92 Å². The molecule has 0 aliphatic heterocycles. The third kappa shape index (κ3) is 15.3. The molecule has 22 heavy (non-hydrogen) atoms. The Morgan fingerprint density at radius 1 is 0.636 bits per heavy atom. The van der Waals surface area contributed by atoms with E-state index in [1.165, 1.54) is 44.9 Å². The summed E-state index contributed by atoms with van der Waals surface area (Å²) in [6.45, 7) is 4.91. The second-order valence-electron chi connectivity index (χ2n) is 5.71. The molecule has 4 nitrogen and oxygen atoms in total. The summed E-state index contributed by atoms with van der Waals surface area (Å²) >= 11 is 0. The van der Waals surface area contributed by atoms with E-state index >= 15 is 0 Å². The maximum absolute atomic E-state index is 11.4. The van der Waals surface area contributed by atoms with Crippen molar-refractivity contribution in [2.45, 2.75) is 90.9 Å². The van der Waals surface area contributed by atoms with Gasteiger partial charge in [0.15, 0.2) is 0 Å². The molecule has 0 spiro atoms. The molecule has 0 unspecified atom stereocenters. The van der Waals surface area contributed by atoms with Gasteiger partial charge >= 0.3 is 11.9 Å². The molecule has 0 aromatic heterocycles. The van der Waals surface area contributed by atoms with Crippen LogP contribution in [0.25, 0.3) is 0 Å². The second-order valence-corrected chi connectivity index (χ2v) is 5.71. The van der Waals surface area contributed by atoms with Crippen molar-refractivity contribution in [1.29, 1.82) is 0 Å². The molecule has 0 bridgehead atoms. The van der Waals surface area contributed by atoms with E-state index in [9.17, 15) is 9.59 Å². The van der Waals surface area contributed by atoms with Gasteiger partial charge in [-0.1, -0.05) is 58.3 Å². The highest BCUT2D eigenvalue weighted by molar-refractivity contribution is 5.72. The van der Waals surface area contributed by atoms with Crippen molar-refractivity contribution in [3.63, 3.8) is 0 Å². The minimum absolute atomic E-state index is 0.205. The highest BCUT2D eigenvalue weighted by Gasteiger charge is 2.06. The molecule has 0 aromatic rings. The van der Waals surface area contributed by atoms with Crippen LogP contribution in [0.5, 0.6) is 0 Å². The molecule has 0 saturated heterocycles. The molecule has 130 valence electrons. The Hall–Kier alpha value is -1.06. The first-order valence-electron chi connectivity index (χ1n) is 9.02. The summed E-state index contributed by atoms with van der Waals surface area (Å²) in [5.41, 5.74) is 0. The molecule has 0 saturated carbocycles. The van der Waals surface area contributed by atoms with Gasteiger partial charge in [0.05, 0.1) is 13.2 Å². The van der Waals surface area contributed by atoms with Gasteiger partial charge in [0.2, 0.25) is 0 Å². The molecule has 4 heteroatoms. The molecule has 0 N–H and O–H groups in total. The zero-order valence-electron chi connectivity index (χ0n) is 14.5. The smallest absolute Gasteiger partial charge is 0.305 e. The van der Waals surface area contributed by atoms with Gasteiger partial charge in [-0.25, -0.2) is 0 Å². The lowest BCUT2D eigenvalue weighted by Gasteiger charge is -2.05. The molecule has 0 aromatic carbocycles. The summed E-state index contributed by atoms with van der Waals surface area (Å²) in [4.78, 5) is 22.5. The Kier molecular flexibility index (Phi) is 15.5. The fourth-order valence-electron chi connectivity index (χ4n) is 2.28. The van der Waals surface area contributed by atoms with Crippen LogP contribution < -0.4 is 0 Å². The summed E-state index contributed by atoms with van der Waals surface area (Å²) in [5.74, 6) is -0.446. The van der Waals surface area contributed by atoms with Crippen LogP contribution in [0.3, 0.4) is 0 Å². The van der Waals surface area contributed by atoms with E-state index in [0.29, 0.717) is 32.5 Å². The van der Waals surface area contributed by atoms with Crippen molar-refractivity contribution in [1.82, 2.24) is 0 Å². The van der Waals surface area contributed by atoms with Crippen molar-refractivity contribution >= 4 is 11.9 Å². The summed E-state index contributed by atoms with van der Waals surface area (Å²) in [7, 11) is 0. The van der Waals surface area contributed by atoms with Crippen LogP contribution in [-0.2, 0) is 19.1 Å². The Morgan fingerprint density at radius 2 is 1.14 bits per heavy atom.